The van der Waals surface area contributed by atoms with Gasteiger partial charge in [-0.3, -0.25) is 0 Å². The molecule has 0 amide bonds. The van der Waals surface area contributed by atoms with Gasteiger partial charge in [0.2, 0.25) is 0 Å². The summed E-state index contributed by atoms with van der Waals surface area (Å²) in [6.45, 7) is 0. The van der Waals surface area contributed by atoms with Gasteiger partial charge in [-0.05, 0) is 24.3 Å². The van der Waals surface area contributed by atoms with E-state index < -0.39 is 20.2 Å². The normalized spacial score (nSPS) is 11.9. The molecule has 0 aliphatic carbocycles. The summed E-state index contributed by atoms with van der Waals surface area (Å²) >= 11 is 0. The van der Waals surface area contributed by atoms with Crippen LogP contribution in [0.1, 0.15) is 0 Å². The van der Waals surface area contributed by atoms with Gasteiger partial charge in [0, 0.05) is 0 Å². The molecule has 0 heterocycles. The van der Waals surface area contributed by atoms with Crippen LogP contribution in [0.2, 0.25) is 0 Å². The molecule has 0 saturated carbocycles. The highest BCUT2D eigenvalue weighted by atomic mass is 32.3. The topological polar surface area (TPSA) is 96.0 Å². The molecule has 9 heteroatoms. The molecule has 0 aliphatic heterocycles. The maximum atomic E-state index is 12.3. The lowest BCUT2D eigenvalue weighted by Gasteiger charge is -2.11. The molecule has 0 bridgehead atoms. The van der Waals surface area contributed by atoms with Crippen molar-refractivity contribution >= 4 is 20.2 Å². The zero-order valence-electron chi connectivity index (χ0n) is 12.3. The zero-order chi connectivity index (χ0) is 17.1. The van der Waals surface area contributed by atoms with Gasteiger partial charge in [0.1, 0.15) is 21.3 Å². The van der Waals surface area contributed by atoms with Gasteiger partial charge in [0.05, 0.1) is 14.2 Å². The van der Waals surface area contributed by atoms with Crippen molar-refractivity contribution in [3.63, 3.8) is 0 Å². The highest BCUT2D eigenvalue weighted by molar-refractivity contribution is 8.00. The van der Waals surface area contributed by atoms with Crippen molar-refractivity contribution in [1.82, 2.24) is 0 Å². The van der Waals surface area contributed by atoms with Crippen LogP contribution in [-0.4, -0.2) is 31.1 Å². The first kappa shape index (κ1) is 17.3. The summed E-state index contributed by atoms with van der Waals surface area (Å²) in [7, 11) is -6.67. The molecule has 2 aromatic carbocycles. The van der Waals surface area contributed by atoms with Gasteiger partial charge in [-0.2, -0.15) is 16.8 Å². The third-order valence-corrected chi connectivity index (χ3v) is 6.04. The Balaban J connectivity index is 2.48. The molecular formula is C14H14O7S2. The minimum Gasteiger partial charge on any atom is -0.495 e. The van der Waals surface area contributed by atoms with E-state index in [0.29, 0.717) is 0 Å². The standard InChI is InChI=1S/C14H14O7S2/c1-19-11-7-3-5-9-13(11)22(15,16)21-23(17,18)14-10-6-4-8-12(14)20-2/h3-10H,1-2H3. The van der Waals surface area contributed by atoms with E-state index in [9.17, 15) is 16.8 Å². The maximum Gasteiger partial charge on any atom is 0.315 e. The first-order chi connectivity index (χ1) is 10.8. The lowest BCUT2D eigenvalue weighted by Crippen LogP contribution is -2.15. The lowest BCUT2D eigenvalue weighted by molar-refractivity contribution is 0.393. The summed E-state index contributed by atoms with van der Waals surface area (Å²) in [5, 5.41) is 0. The summed E-state index contributed by atoms with van der Waals surface area (Å²) in [4.78, 5) is -0.776. The Morgan fingerprint density at radius 2 is 1.00 bits per heavy atom. The van der Waals surface area contributed by atoms with Crippen molar-refractivity contribution < 1.29 is 29.9 Å². The molecule has 0 N–H and O–H groups in total. The van der Waals surface area contributed by atoms with Gasteiger partial charge in [0.25, 0.3) is 0 Å². The molecule has 0 unspecified atom stereocenters. The highest BCUT2D eigenvalue weighted by Gasteiger charge is 2.31. The summed E-state index contributed by atoms with van der Waals surface area (Å²) in [5.74, 6) is -0.0505. The monoisotopic (exact) mass is 358 g/mol. The second-order valence-electron chi connectivity index (χ2n) is 4.28. The number of para-hydroxylation sites is 2. The average Bonchev–Trinajstić information content (AvgIpc) is 2.53. The molecule has 2 aromatic rings. The van der Waals surface area contributed by atoms with Crippen LogP contribution in [0.5, 0.6) is 11.5 Å². The van der Waals surface area contributed by atoms with Crippen LogP contribution in [0.25, 0.3) is 0 Å². The van der Waals surface area contributed by atoms with Crippen LogP contribution in [0, 0.1) is 0 Å². The van der Waals surface area contributed by atoms with Crippen LogP contribution < -0.4 is 9.47 Å². The van der Waals surface area contributed by atoms with Gasteiger partial charge in [-0.15, -0.1) is 3.63 Å². The highest BCUT2D eigenvalue weighted by Crippen LogP contribution is 2.30. The number of hydrogen-bond acceptors (Lipinski definition) is 7. The SMILES string of the molecule is COc1ccccc1S(=O)(=O)OS(=O)(=O)c1ccccc1OC. The number of ether oxygens (including phenoxy) is 2. The maximum absolute atomic E-state index is 12.3. The van der Waals surface area contributed by atoms with Crippen LogP contribution in [0.3, 0.4) is 0 Å². The molecular weight excluding hydrogens is 344 g/mol. The van der Waals surface area contributed by atoms with Gasteiger partial charge in [-0.25, -0.2) is 0 Å². The minimum atomic E-state index is -4.60. The van der Waals surface area contributed by atoms with Crippen LogP contribution in [0.15, 0.2) is 58.3 Å². The van der Waals surface area contributed by atoms with E-state index in [1.54, 1.807) is 12.1 Å². The number of benzene rings is 2. The Hall–Kier alpha value is -2.10. The Morgan fingerprint density at radius 1 is 0.652 bits per heavy atom. The Labute approximate surface area is 134 Å². The van der Waals surface area contributed by atoms with Gasteiger partial charge in [-0.1, -0.05) is 24.3 Å². The number of hydrogen-bond donors (Lipinski definition) is 0. The van der Waals surface area contributed by atoms with E-state index in [0.717, 1.165) is 0 Å². The van der Waals surface area contributed by atoms with Gasteiger partial charge >= 0.3 is 20.2 Å². The molecule has 0 spiro atoms. The first-order valence-corrected chi connectivity index (χ1v) is 9.10. The molecule has 0 radical (unpaired) electrons. The van der Waals surface area contributed by atoms with Crippen LogP contribution >= 0.6 is 0 Å². The molecule has 0 aromatic heterocycles. The van der Waals surface area contributed by atoms with Crippen molar-refractivity contribution in [1.29, 1.82) is 0 Å². The molecule has 2 rings (SSSR count). The molecule has 7 nitrogen and oxygen atoms in total. The minimum absolute atomic E-state index is 0.0253. The average molecular weight is 358 g/mol. The van der Waals surface area contributed by atoms with Crippen LogP contribution in [-0.2, 0) is 23.9 Å². The van der Waals surface area contributed by atoms with Crippen molar-refractivity contribution in [2.24, 2.45) is 0 Å². The van der Waals surface area contributed by atoms with E-state index in [1.807, 2.05) is 0 Å². The van der Waals surface area contributed by atoms with E-state index in [1.165, 1.54) is 50.6 Å². The summed E-state index contributed by atoms with van der Waals surface area (Å²) in [5.41, 5.74) is 0. The predicted molar refractivity (Wildman–Crippen MR) is 81.4 cm³/mol. The smallest absolute Gasteiger partial charge is 0.315 e. The number of methoxy groups -OCH3 is 2. The summed E-state index contributed by atoms with van der Waals surface area (Å²) in [6.07, 6.45) is 0. The Bertz CT molecular complexity index is 827. The van der Waals surface area contributed by atoms with E-state index >= 15 is 0 Å². The van der Waals surface area contributed by atoms with E-state index in [4.69, 9.17) is 9.47 Å². The van der Waals surface area contributed by atoms with Crippen molar-refractivity contribution in [3.05, 3.63) is 48.5 Å². The second-order valence-corrected chi connectivity index (χ2v) is 7.52. The second kappa shape index (κ2) is 6.57. The van der Waals surface area contributed by atoms with Crippen molar-refractivity contribution in [2.45, 2.75) is 9.79 Å². The molecule has 0 aliphatic rings. The van der Waals surface area contributed by atoms with Gasteiger partial charge in [0.15, 0.2) is 0 Å². The molecule has 0 saturated heterocycles. The zero-order valence-corrected chi connectivity index (χ0v) is 13.9. The molecule has 0 fully saturated rings. The third-order valence-electron chi connectivity index (χ3n) is 2.86. The summed E-state index contributed by atoms with van der Waals surface area (Å²) < 4.78 is 63.4. The van der Waals surface area contributed by atoms with Crippen LogP contribution in [0.4, 0.5) is 0 Å². The Kier molecular flexibility index (Phi) is 4.93. The van der Waals surface area contributed by atoms with Crippen molar-refractivity contribution in [3.8, 4) is 11.5 Å². The predicted octanol–water partition coefficient (Wildman–Crippen LogP) is 1.80. The fourth-order valence-electron chi connectivity index (χ4n) is 1.84. The molecule has 23 heavy (non-hydrogen) atoms. The molecule has 0 atom stereocenters. The Morgan fingerprint density at radius 3 is 1.35 bits per heavy atom. The first-order valence-electron chi connectivity index (χ1n) is 6.29. The molecule has 124 valence electrons. The van der Waals surface area contributed by atoms with E-state index in [2.05, 4.69) is 3.63 Å². The third kappa shape index (κ3) is 3.63. The lowest BCUT2D eigenvalue weighted by atomic mass is 10.3. The number of rotatable bonds is 6. The van der Waals surface area contributed by atoms with Crippen molar-refractivity contribution in [2.75, 3.05) is 14.2 Å². The summed E-state index contributed by atoms with van der Waals surface area (Å²) in [6, 6.07) is 11.1. The van der Waals surface area contributed by atoms with E-state index in [-0.39, 0.29) is 21.3 Å². The quantitative estimate of drug-likeness (QED) is 0.777. The largest absolute Gasteiger partial charge is 0.495 e. The fourth-order valence-corrected chi connectivity index (χ4v) is 4.66. The fraction of sp³-hybridized carbons (Fsp3) is 0.143. The van der Waals surface area contributed by atoms with Gasteiger partial charge < -0.3 is 9.47 Å².